The number of nitrogens with zero attached hydrogens (tertiary/aromatic N) is 1. The molecule has 0 aliphatic carbocycles. The number of hydrogen-bond acceptors (Lipinski definition) is 8. The first-order valence-corrected chi connectivity index (χ1v) is 14.7. The smallest absolute Gasteiger partial charge is 0.326 e. The van der Waals surface area contributed by atoms with E-state index in [-0.39, 0.29) is 53.2 Å². The summed E-state index contributed by atoms with van der Waals surface area (Å²) < 4.78 is 11.0. The van der Waals surface area contributed by atoms with Crippen LogP contribution in [0, 0.1) is 6.92 Å². The average Bonchev–Trinajstić information content (AvgIpc) is 3.45. The Balaban J connectivity index is 1.25. The highest BCUT2D eigenvalue weighted by atomic mass is 35.5. The lowest BCUT2D eigenvalue weighted by Crippen LogP contribution is -2.42. The van der Waals surface area contributed by atoms with Gasteiger partial charge in [-0.3, -0.25) is 9.59 Å². The van der Waals surface area contributed by atoms with Crippen molar-refractivity contribution in [1.29, 1.82) is 0 Å². The second-order valence-electron chi connectivity index (χ2n) is 10.1. The van der Waals surface area contributed by atoms with E-state index in [4.69, 9.17) is 32.4 Å². The third-order valence-electron chi connectivity index (χ3n) is 6.70. The third-order valence-corrected chi connectivity index (χ3v) is 7.33. The standard InChI is InChI=1S/C32H31Cl2N5O7/c1-18-6-3-4-9-24(18)38-32(44)39-25-11-10-19(13-27(25)45-2)12-20(40)15-35-16-21-17-36-28(46-21)14-26(31(42)43)37-30(41)29-22(33)7-5-8-23(29)34/h3-11,13,17,26,35H,12,14-16H2,1-2H3,(H,37,41)(H,42,43)(H2,38,39,44). The maximum Gasteiger partial charge on any atom is 0.326 e. The minimum absolute atomic E-state index is 0.0174. The average molecular weight is 669 g/mol. The fourth-order valence-electron chi connectivity index (χ4n) is 4.40. The van der Waals surface area contributed by atoms with Crippen molar-refractivity contribution in [3.8, 4) is 5.75 Å². The first-order chi connectivity index (χ1) is 22.0. The van der Waals surface area contributed by atoms with E-state index in [0.717, 1.165) is 5.56 Å². The summed E-state index contributed by atoms with van der Waals surface area (Å²) in [6.07, 6.45) is 1.28. The molecule has 1 unspecified atom stereocenters. The molecule has 0 bridgehead atoms. The number of ether oxygens (including phenoxy) is 1. The van der Waals surface area contributed by atoms with Gasteiger partial charge in [0.05, 0.1) is 54.1 Å². The van der Waals surface area contributed by atoms with Crippen LogP contribution in [0.4, 0.5) is 16.2 Å². The van der Waals surface area contributed by atoms with Gasteiger partial charge >= 0.3 is 12.0 Å². The Kier molecular flexibility index (Phi) is 11.7. The lowest BCUT2D eigenvalue weighted by Gasteiger charge is -2.14. The van der Waals surface area contributed by atoms with Gasteiger partial charge in [-0.05, 0) is 48.4 Å². The summed E-state index contributed by atoms with van der Waals surface area (Å²) in [6, 6.07) is 15.2. The van der Waals surface area contributed by atoms with Crippen LogP contribution in [0.1, 0.15) is 33.1 Å². The Morgan fingerprint density at radius 3 is 2.39 bits per heavy atom. The van der Waals surface area contributed by atoms with Crippen molar-refractivity contribution in [2.75, 3.05) is 24.3 Å². The van der Waals surface area contributed by atoms with Crippen LogP contribution in [-0.4, -0.2) is 53.5 Å². The van der Waals surface area contributed by atoms with Crippen LogP contribution < -0.4 is 26.0 Å². The number of para-hydroxylation sites is 1. The molecule has 5 N–H and O–H groups in total. The zero-order valence-corrected chi connectivity index (χ0v) is 26.4. The number of carboxylic acid groups (broad SMARTS) is 1. The molecule has 0 saturated heterocycles. The summed E-state index contributed by atoms with van der Waals surface area (Å²) in [6.45, 7) is 2.06. The number of hydrogen-bond donors (Lipinski definition) is 5. The molecule has 0 fully saturated rings. The van der Waals surface area contributed by atoms with E-state index in [1.807, 2.05) is 25.1 Å². The van der Waals surface area contributed by atoms with E-state index >= 15 is 0 Å². The topological polar surface area (TPSA) is 172 Å². The lowest BCUT2D eigenvalue weighted by molar-refractivity contribution is -0.139. The molecule has 4 aromatic rings. The predicted octanol–water partition coefficient (Wildman–Crippen LogP) is 5.27. The summed E-state index contributed by atoms with van der Waals surface area (Å²) >= 11 is 12.1. The zero-order valence-electron chi connectivity index (χ0n) is 24.9. The number of urea groups is 1. The molecule has 1 aromatic heterocycles. The summed E-state index contributed by atoms with van der Waals surface area (Å²) in [5.41, 5.74) is 2.70. The van der Waals surface area contributed by atoms with Crippen molar-refractivity contribution in [2.45, 2.75) is 32.4 Å². The largest absolute Gasteiger partial charge is 0.495 e. The van der Waals surface area contributed by atoms with E-state index in [2.05, 4.69) is 26.3 Å². The van der Waals surface area contributed by atoms with Gasteiger partial charge in [0.1, 0.15) is 17.6 Å². The van der Waals surface area contributed by atoms with Gasteiger partial charge in [0.2, 0.25) is 0 Å². The molecular formula is C32H31Cl2N5O7. The number of aromatic nitrogens is 1. The number of amides is 3. The zero-order chi connectivity index (χ0) is 33.2. The van der Waals surface area contributed by atoms with E-state index < -0.39 is 23.9 Å². The van der Waals surface area contributed by atoms with Gasteiger partial charge in [0.15, 0.2) is 11.7 Å². The maximum atomic E-state index is 12.6. The lowest BCUT2D eigenvalue weighted by atomic mass is 10.1. The number of oxazole rings is 1. The highest BCUT2D eigenvalue weighted by Gasteiger charge is 2.25. The fourth-order valence-corrected chi connectivity index (χ4v) is 4.97. The van der Waals surface area contributed by atoms with Crippen molar-refractivity contribution >= 4 is 58.3 Å². The summed E-state index contributed by atoms with van der Waals surface area (Å²) in [7, 11) is 1.47. The van der Waals surface area contributed by atoms with Crippen LogP contribution in [0.3, 0.4) is 0 Å². The van der Waals surface area contributed by atoms with Crippen molar-refractivity contribution < 1.29 is 33.4 Å². The monoisotopic (exact) mass is 667 g/mol. The van der Waals surface area contributed by atoms with E-state index in [1.165, 1.54) is 25.4 Å². The highest BCUT2D eigenvalue weighted by molar-refractivity contribution is 6.39. The quantitative estimate of drug-likeness (QED) is 0.120. The minimum atomic E-state index is -1.36. The summed E-state index contributed by atoms with van der Waals surface area (Å²) in [5, 5.41) is 20.7. The number of benzene rings is 3. The second-order valence-corrected chi connectivity index (χ2v) is 10.9. The number of nitrogens with one attached hydrogen (secondary N) is 4. The van der Waals surface area contributed by atoms with Crippen molar-refractivity contribution in [2.24, 2.45) is 0 Å². The predicted molar refractivity (Wildman–Crippen MR) is 173 cm³/mol. The molecule has 3 aromatic carbocycles. The van der Waals surface area contributed by atoms with Gasteiger partial charge in [0, 0.05) is 12.1 Å². The van der Waals surface area contributed by atoms with Crippen LogP contribution in [0.5, 0.6) is 5.75 Å². The van der Waals surface area contributed by atoms with E-state index in [9.17, 15) is 24.3 Å². The number of methoxy groups -OCH3 is 1. The van der Waals surface area contributed by atoms with Crippen LogP contribution in [-0.2, 0) is 29.0 Å². The molecule has 1 heterocycles. The molecule has 0 saturated carbocycles. The van der Waals surface area contributed by atoms with Gasteiger partial charge in [-0.25, -0.2) is 14.6 Å². The third kappa shape index (κ3) is 9.30. The molecule has 3 amide bonds. The summed E-state index contributed by atoms with van der Waals surface area (Å²) in [5.74, 6) is -1.32. The molecule has 4 rings (SSSR count). The Bertz CT molecular complexity index is 1720. The van der Waals surface area contributed by atoms with Crippen LogP contribution in [0.25, 0.3) is 0 Å². The number of Topliss-reactive ketones (excluding diaryl/α,β-unsaturated/α-hetero) is 1. The number of anilines is 2. The molecule has 0 aliphatic rings. The number of aliphatic carboxylic acids is 1. The number of aryl methyl sites for hydroxylation is 1. The van der Waals surface area contributed by atoms with Gasteiger partial charge in [-0.1, -0.05) is 53.5 Å². The van der Waals surface area contributed by atoms with E-state index in [1.54, 1.807) is 30.3 Å². The van der Waals surface area contributed by atoms with Crippen LogP contribution in [0.15, 0.2) is 71.3 Å². The fraction of sp³-hybridized carbons (Fsp3) is 0.219. The molecule has 12 nitrogen and oxygen atoms in total. The van der Waals surface area contributed by atoms with Crippen LogP contribution >= 0.6 is 23.2 Å². The normalized spacial score (nSPS) is 11.4. The molecule has 1 atom stereocenters. The molecule has 0 aliphatic heterocycles. The second kappa shape index (κ2) is 15.9. The van der Waals surface area contributed by atoms with Gasteiger partial charge in [-0.15, -0.1) is 0 Å². The van der Waals surface area contributed by atoms with Crippen molar-refractivity contribution in [3.05, 3.63) is 105 Å². The SMILES string of the molecule is COc1cc(CC(=O)CNCc2cnc(CC(NC(=O)c3c(Cl)cccc3Cl)C(=O)O)o2)ccc1NC(=O)Nc1ccccc1C. The number of carbonyl (C=O) groups excluding carboxylic acids is 3. The number of carboxylic acids is 1. The molecule has 0 spiro atoms. The number of ketones is 1. The molecule has 46 heavy (non-hydrogen) atoms. The van der Waals surface area contributed by atoms with Gasteiger partial charge < -0.3 is 35.5 Å². The Labute approximate surface area is 274 Å². The Morgan fingerprint density at radius 2 is 1.70 bits per heavy atom. The Hall–Kier alpha value is -4.91. The number of carbonyl (C=O) groups is 4. The maximum absolute atomic E-state index is 12.6. The van der Waals surface area contributed by atoms with Crippen molar-refractivity contribution in [3.63, 3.8) is 0 Å². The molecular weight excluding hydrogens is 637 g/mol. The van der Waals surface area contributed by atoms with Gasteiger partial charge in [0.25, 0.3) is 5.91 Å². The summed E-state index contributed by atoms with van der Waals surface area (Å²) in [4.78, 5) is 53.7. The number of halogens is 2. The molecule has 0 radical (unpaired) electrons. The van der Waals surface area contributed by atoms with E-state index in [0.29, 0.717) is 28.4 Å². The first kappa shape index (κ1) is 34.0. The van der Waals surface area contributed by atoms with Crippen molar-refractivity contribution in [1.82, 2.24) is 15.6 Å². The van der Waals surface area contributed by atoms with Crippen LogP contribution in [0.2, 0.25) is 10.0 Å². The molecule has 14 heteroatoms. The van der Waals surface area contributed by atoms with Gasteiger partial charge in [-0.2, -0.15) is 0 Å². The minimum Gasteiger partial charge on any atom is -0.495 e. The Morgan fingerprint density at radius 1 is 0.978 bits per heavy atom. The first-order valence-electron chi connectivity index (χ1n) is 14.0. The number of rotatable bonds is 14. The highest BCUT2D eigenvalue weighted by Crippen LogP contribution is 2.27. The molecule has 240 valence electrons.